The molecule has 0 unspecified atom stereocenters. The van der Waals surface area contributed by atoms with Crippen molar-refractivity contribution in [2.24, 2.45) is 0 Å². The molecule has 2 N–H and O–H groups in total. The Morgan fingerprint density at radius 1 is 1.00 bits per heavy atom. The Morgan fingerprint density at radius 3 is 2.12 bits per heavy atom. The minimum atomic E-state index is -4.38. The maximum atomic E-state index is 12.6. The molecule has 0 aliphatic carbocycles. The highest BCUT2D eigenvalue weighted by atomic mass is 35.5. The first-order valence-corrected chi connectivity index (χ1v) is 7.70. The minimum absolute atomic E-state index is 0.169. The summed E-state index contributed by atoms with van der Waals surface area (Å²) in [6, 6.07) is 7.67. The van der Waals surface area contributed by atoms with Crippen LogP contribution in [0.15, 0.2) is 36.4 Å². The van der Waals surface area contributed by atoms with Crippen LogP contribution in [0, 0.1) is 0 Å². The predicted molar refractivity (Wildman–Crippen MR) is 95.8 cm³/mol. The SMILES string of the molecule is COc1cc(NC(=S)Nc2ccc(C(F)(F)F)cc2)c(OC)cc1Cl. The molecule has 0 aromatic heterocycles. The van der Waals surface area contributed by atoms with Crippen LogP contribution in [0.3, 0.4) is 0 Å². The molecule has 2 aromatic rings. The molecule has 9 heteroatoms. The van der Waals surface area contributed by atoms with Gasteiger partial charge in [-0.2, -0.15) is 13.2 Å². The summed E-state index contributed by atoms with van der Waals surface area (Å²) in [5.74, 6) is 0.852. The first-order valence-electron chi connectivity index (χ1n) is 6.91. The molecule has 0 fully saturated rings. The van der Waals surface area contributed by atoms with Gasteiger partial charge in [-0.25, -0.2) is 0 Å². The molecule has 0 saturated heterocycles. The average Bonchev–Trinajstić information content (AvgIpc) is 2.55. The lowest BCUT2D eigenvalue weighted by molar-refractivity contribution is -0.137. The monoisotopic (exact) mass is 390 g/mol. The standard InChI is InChI=1S/C16H14ClF3N2O2S/c1-23-13-8-12(14(24-2)7-11(13)17)22-15(25)21-10-5-3-9(4-6-10)16(18,19)20/h3-8H,1-2H3,(H2,21,22,25). The fraction of sp³-hybridized carbons (Fsp3) is 0.188. The zero-order valence-corrected chi connectivity index (χ0v) is 14.8. The van der Waals surface area contributed by atoms with E-state index in [0.29, 0.717) is 27.9 Å². The van der Waals surface area contributed by atoms with Crippen LogP contribution in [-0.4, -0.2) is 19.3 Å². The summed E-state index contributed by atoms with van der Waals surface area (Å²) in [6.45, 7) is 0. The molecule has 0 amide bonds. The topological polar surface area (TPSA) is 42.5 Å². The zero-order chi connectivity index (χ0) is 18.6. The van der Waals surface area contributed by atoms with Crippen molar-refractivity contribution in [2.75, 3.05) is 24.9 Å². The molecular formula is C16H14ClF3N2O2S. The first kappa shape index (κ1) is 19.1. The maximum absolute atomic E-state index is 12.6. The highest BCUT2D eigenvalue weighted by molar-refractivity contribution is 7.80. The van der Waals surface area contributed by atoms with Gasteiger partial charge in [-0.1, -0.05) is 11.6 Å². The number of hydrogen-bond acceptors (Lipinski definition) is 3. The van der Waals surface area contributed by atoms with E-state index in [2.05, 4.69) is 10.6 Å². The van der Waals surface area contributed by atoms with Crippen LogP contribution >= 0.6 is 23.8 Å². The Balaban J connectivity index is 2.12. The molecule has 0 bridgehead atoms. The van der Waals surface area contributed by atoms with Crippen molar-refractivity contribution >= 4 is 40.3 Å². The Morgan fingerprint density at radius 2 is 1.60 bits per heavy atom. The molecule has 0 spiro atoms. The lowest BCUT2D eigenvalue weighted by Crippen LogP contribution is -2.19. The van der Waals surface area contributed by atoms with Gasteiger partial charge in [0.25, 0.3) is 0 Å². The third-order valence-electron chi connectivity index (χ3n) is 3.19. The normalized spacial score (nSPS) is 11.0. The number of halogens is 4. The van der Waals surface area contributed by atoms with Gasteiger partial charge in [0.05, 0.1) is 30.5 Å². The lowest BCUT2D eigenvalue weighted by atomic mass is 10.2. The third-order valence-corrected chi connectivity index (χ3v) is 3.69. The second-order valence-corrected chi connectivity index (χ2v) is 5.66. The van der Waals surface area contributed by atoms with Crippen molar-refractivity contribution < 1.29 is 22.6 Å². The summed E-state index contributed by atoms with van der Waals surface area (Å²) in [5.41, 5.74) is 0.166. The van der Waals surface area contributed by atoms with E-state index in [1.54, 1.807) is 12.1 Å². The Kier molecular flexibility index (Phi) is 5.97. The molecule has 2 aromatic carbocycles. The summed E-state index contributed by atoms with van der Waals surface area (Å²) >= 11 is 11.2. The molecule has 134 valence electrons. The summed E-state index contributed by atoms with van der Waals surface area (Å²) in [7, 11) is 2.94. The van der Waals surface area contributed by atoms with Gasteiger partial charge < -0.3 is 20.1 Å². The van der Waals surface area contributed by atoms with E-state index in [1.165, 1.54) is 26.4 Å². The molecule has 0 aliphatic heterocycles. The first-order chi connectivity index (χ1) is 11.7. The fourth-order valence-electron chi connectivity index (χ4n) is 1.99. The predicted octanol–water partition coefficient (Wildman–Crippen LogP) is 5.18. The van der Waals surface area contributed by atoms with E-state index in [1.807, 2.05) is 0 Å². The number of benzene rings is 2. The smallest absolute Gasteiger partial charge is 0.416 e. The number of alkyl halides is 3. The Hall–Kier alpha value is -2.19. The lowest BCUT2D eigenvalue weighted by Gasteiger charge is -2.15. The molecule has 0 atom stereocenters. The molecular weight excluding hydrogens is 377 g/mol. The highest BCUT2D eigenvalue weighted by Gasteiger charge is 2.29. The number of anilines is 2. The second-order valence-electron chi connectivity index (χ2n) is 4.84. The Bertz CT molecular complexity index is 767. The number of methoxy groups -OCH3 is 2. The molecule has 0 heterocycles. The van der Waals surface area contributed by atoms with Crippen molar-refractivity contribution in [1.29, 1.82) is 0 Å². The summed E-state index contributed by atoms with van der Waals surface area (Å²) in [4.78, 5) is 0. The Labute approximate surface area is 152 Å². The van der Waals surface area contributed by atoms with Crippen LogP contribution in [-0.2, 0) is 6.18 Å². The number of nitrogens with one attached hydrogen (secondary N) is 2. The van der Waals surface area contributed by atoms with Crippen LogP contribution in [0.1, 0.15) is 5.56 Å². The van der Waals surface area contributed by atoms with E-state index in [4.69, 9.17) is 33.3 Å². The number of ether oxygens (including phenoxy) is 2. The van der Waals surface area contributed by atoms with Gasteiger partial charge in [0.2, 0.25) is 0 Å². The van der Waals surface area contributed by atoms with Crippen molar-refractivity contribution in [2.45, 2.75) is 6.18 Å². The second kappa shape index (κ2) is 7.79. The molecule has 2 rings (SSSR count). The minimum Gasteiger partial charge on any atom is -0.495 e. The largest absolute Gasteiger partial charge is 0.495 e. The van der Waals surface area contributed by atoms with Gasteiger partial charge in [-0.15, -0.1) is 0 Å². The maximum Gasteiger partial charge on any atom is 0.416 e. The van der Waals surface area contributed by atoms with E-state index in [-0.39, 0.29) is 5.11 Å². The van der Waals surface area contributed by atoms with Gasteiger partial charge in [-0.05, 0) is 36.5 Å². The van der Waals surface area contributed by atoms with Crippen molar-refractivity contribution in [1.82, 2.24) is 0 Å². The quantitative estimate of drug-likeness (QED) is 0.704. The van der Waals surface area contributed by atoms with Crippen molar-refractivity contribution in [3.05, 3.63) is 47.0 Å². The molecule has 0 radical (unpaired) electrons. The van der Waals surface area contributed by atoms with Gasteiger partial charge >= 0.3 is 6.18 Å². The van der Waals surface area contributed by atoms with Crippen molar-refractivity contribution in [3.8, 4) is 11.5 Å². The van der Waals surface area contributed by atoms with Gasteiger partial charge in [0, 0.05) is 17.8 Å². The number of thiocarbonyl (C=S) groups is 1. The van der Waals surface area contributed by atoms with Crippen LogP contribution < -0.4 is 20.1 Å². The number of rotatable bonds is 4. The third kappa shape index (κ3) is 4.90. The van der Waals surface area contributed by atoms with Gasteiger partial charge in [0.1, 0.15) is 11.5 Å². The average molecular weight is 391 g/mol. The van der Waals surface area contributed by atoms with Crippen LogP contribution in [0.25, 0.3) is 0 Å². The van der Waals surface area contributed by atoms with E-state index >= 15 is 0 Å². The van der Waals surface area contributed by atoms with E-state index in [9.17, 15) is 13.2 Å². The molecule has 4 nitrogen and oxygen atoms in total. The van der Waals surface area contributed by atoms with Crippen LogP contribution in [0.5, 0.6) is 11.5 Å². The van der Waals surface area contributed by atoms with Crippen LogP contribution in [0.2, 0.25) is 5.02 Å². The van der Waals surface area contributed by atoms with Gasteiger partial charge in [0.15, 0.2) is 5.11 Å². The van der Waals surface area contributed by atoms with E-state index < -0.39 is 11.7 Å². The van der Waals surface area contributed by atoms with E-state index in [0.717, 1.165) is 12.1 Å². The van der Waals surface area contributed by atoms with Gasteiger partial charge in [-0.3, -0.25) is 0 Å². The summed E-state index contributed by atoms with van der Waals surface area (Å²) in [5, 5.41) is 6.22. The molecule has 25 heavy (non-hydrogen) atoms. The van der Waals surface area contributed by atoms with Crippen molar-refractivity contribution in [3.63, 3.8) is 0 Å². The fourth-order valence-corrected chi connectivity index (χ4v) is 2.44. The number of hydrogen-bond donors (Lipinski definition) is 2. The van der Waals surface area contributed by atoms with Crippen LogP contribution in [0.4, 0.5) is 24.5 Å². The molecule has 0 saturated carbocycles. The zero-order valence-electron chi connectivity index (χ0n) is 13.2. The summed E-state index contributed by atoms with van der Waals surface area (Å²) < 4.78 is 48.0. The highest BCUT2D eigenvalue weighted by Crippen LogP contribution is 2.36. The summed E-state index contributed by atoms with van der Waals surface area (Å²) in [6.07, 6.45) is -4.38. The molecule has 0 aliphatic rings.